The summed E-state index contributed by atoms with van der Waals surface area (Å²) in [6.07, 6.45) is 7.25. The molecule has 1 saturated heterocycles. The van der Waals surface area contributed by atoms with Crippen LogP contribution >= 0.6 is 11.6 Å². The van der Waals surface area contributed by atoms with Crippen molar-refractivity contribution in [2.45, 2.75) is 57.0 Å². The summed E-state index contributed by atoms with van der Waals surface area (Å²) >= 11 is 5.86. The van der Waals surface area contributed by atoms with Crippen LogP contribution < -0.4 is 10.6 Å². The van der Waals surface area contributed by atoms with Crippen LogP contribution in [-0.2, 0) is 4.79 Å². The van der Waals surface area contributed by atoms with E-state index < -0.39 is 6.04 Å². The number of rotatable bonds is 3. The van der Waals surface area contributed by atoms with Gasteiger partial charge in [0.05, 0.1) is 0 Å². The van der Waals surface area contributed by atoms with Crippen molar-refractivity contribution in [3.63, 3.8) is 0 Å². The van der Waals surface area contributed by atoms with Gasteiger partial charge in [-0.3, -0.25) is 4.79 Å². The SMILES string of the molecule is O=C(Nc1ccc(Cl)cc1)C1CCCN1C(=O)NC1CCCCC1. The Kier molecular flexibility index (Phi) is 5.61. The summed E-state index contributed by atoms with van der Waals surface area (Å²) < 4.78 is 0. The molecule has 0 bridgehead atoms. The number of carbonyl (C=O) groups is 2. The molecule has 2 N–H and O–H groups in total. The van der Waals surface area contributed by atoms with E-state index in [-0.39, 0.29) is 18.0 Å². The topological polar surface area (TPSA) is 61.4 Å². The smallest absolute Gasteiger partial charge is 0.318 e. The van der Waals surface area contributed by atoms with E-state index in [1.54, 1.807) is 29.2 Å². The monoisotopic (exact) mass is 349 g/mol. The standard InChI is InChI=1S/C18H24ClN3O2/c19-13-8-10-15(11-9-13)20-17(23)16-7-4-12-22(16)18(24)21-14-5-2-1-3-6-14/h8-11,14,16H,1-7,12H2,(H,20,23)(H,21,24). The molecule has 2 aliphatic rings. The lowest BCUT2D eigenvalue weighted by Gasteiger charge is -2.29. The summed E-state index contributed by atoms with van der Waals surface area (Å²) in [6.45, 7) is 0.636. The third-order valence-electron chi connectivity index (χ3n) is 4.86. The molecule has 6 heteroatoms. The van der Waals surface area contributed by atoms with Gasteiger partial charge in [0.15, 0.2) is 0 Å². The van der Waals surface area contributed by atoms with E-state index >= 15 is 0 Å². The van der Waals surface area contributed by atoms with Crippen LogP contribution in [0.5, 0.6) is 0 Å². The second-order valence-corrected chi connectivity index (χ2v) is 7.07. The minimum Gasteiger partial charge on any atom is -0.335 e. The molecule has 1 unspecified atom stereocenters. The highest BCUT2D eigenvalue weighted by Crippen LogP contribution is 2.22. The summed E-state index contributed by atoms with van der Waals surface area (Å²) in [7, 11) is 0. The van der Waals surface area contributed by atoms with Crippen LogP contribution in [0.3, 0.4) is 0 Å². The minimum atomic E-state index is -0.399. The van der Waals surface area contributed by atoms with Crippen molar-refractivity contribution in [3.8, 4) is 0 Å². The lowest BCUT2D eigenvalue weighted by Crippen LogP contribution is -2.50. The van der Waals surface area contributed by atoms with E-state index in [1.165, 1.54) is 19.3 Å². The number of nitrogens with zero attached hydrogens (tertiary/aromatic N) is 1. The number of amides is 3. The molecule has 1 aliphatic heterocycles. The molecule has 3 rings (SSSR count). The molecule has 3 amide bonds. The second-order valence-electron chi connectivity index (χ2n) is 6.63. The zero-order valence-electron chi connectivity index (χ0n) is 13.8. The molecule has 1 saturated carbocycles. The maximum absolute atomic E-state index is 12.5. The highest BCUT2D eigenvalue weighted by molar-refractivity contribution is 6.30. The van der Waals surface area contributed by atoms with Gasteiger partial charge in [-0.05, 0) is 49.9 Å². The molecule has 130 valence electrons. The van der Waals surface area contributed by atoms with E-state index in [0.29, 0.717) is 23.7 Å². The Morgan fingerprint density at radius 3 is 2.42 bits per heavy atom. The van der Waals surface area contributed by atoms with Crippen LogP contribution in [0.15, 0.2) is 24.3 Å². The Hall–Kier alpha value is -1.75. The molecule has 0 aromatic heterocycles. The third-order valence-corrected chi connectivity index (χ3v) is 5.11. The van der Waals surface area contributed by atoms with Crippen LogP contribution in [0.25, 0.3) is 0 Å². The van der Waals surface area contributed by atoms with Crippen LogP contribution in [0.4, 0.5) is 10.5 Å². The predicted octanol–water partition coefficient (Wildman–Crippen LogP) is 3.79. The number of hydrogen-bond donors (Lipinski definition) is 2. The molecule has 2 fully saturated rings. The fourth-order valence-electron chi connectivity index (χ4n) is 3.55. The Bertz CT molecular complexity index is 584. The van der Waals surface area contributed by atoms with Gasteiger partial charge in [0.25, 0.3) is 0 Å². The Morgan fingerprint density at radius 2 is 1.71 bits per heavy atom. The molecule has 1 atom stereocenters. The molecule has 1 heterocycles. The van der Waals surface area contributed by atoms with Gasteiger partial charge in [0.1, 0.15) is 6.04 Å². The Balaban J connectivity index is 1.58. The highest BCUT2D eigenvalue weighted by atomic mass is 35.5. The van der Waals surface area contributed by atoms with Crippen molar-refractivity contribution in [3.05, 3.63) is 29.3 Å². The first-order valence-electron chi connectivity index (χ1n) is 8.77. The number of carbonyl (C=O) groups excluding carboxylic acids is 2. The number of urea groups is 1. The van der Waals surface area contributed by atoms with Crippen molar-refractivity contribution in [1.29, 1.82) is 0 Å². The number of anilines is 1. The fourth-order valence-corrected chi connectivity index (χ4v) is 3.67. The van der Waals surface area contributed by atoms with E-state index in [2.05, 4.69) is 10.6 Å². The quantitative estimate of drug-likeness (QED) is 0.872. The average molecular weight is 350 g/mol. The van der Waals surface area contributed by atoms with Crippen LogP contribution in [0.2, 0.25) is 5.02 Å². The second kappa shape index (κ2) is 7.88. The first-order chi connectivity index (χ1) is 11.6. The maximum atomic E-state index is 12.5. The lowest BCUT2D eigenvalue weighted by molar-refractivity contribution is -0.119. The number of nitrogens with one attached hydrogen (secondary N) is 2. The number of halogens is 1. The van der Waals surface area contributed by atoms with Gasteiger partial charge in [-0.25, -0.2) is 4.79 Å². The molecule has 0 spiro atoms. The van der Waals surface area contributed by atoms with Crippen molar-refractivity contribution >= 4 is 29.2 Å². The summed E-state index contributed by atoms with van der Waals surface area (Å²) in [5.74, 6) is -0.131. The number of likely N-dealkylation sites (tertiary alicyclic amines) is 1. The van der Waals surface area contributed by atoms with Crippen LogP contribution in [0.1, 0.15) is 44.9 Å². The van der Waals surface area contributed by atoms with Gasteiger partial charge >= 0.3 is 6.03 Å². The molecule has 1 aliphatic carbocycles. The van der Waals surface area contributed by atoms with Gasteiger partial charge in [-0.15, -0.1) is 0 Å². The van der Waals surface area contributed by atoms with Crippen molar-refractivity contribution in [1.82, 2.24) is 10.2 Å². The van der Waals surface area contributed by atoms with Gasteiger partial charge in [0, 0.05) is 23.3 Å². The Morgan fingerprint density at radius 1 is 1.00 bits per heavy atom. The van der Waals surface area contributed by atoms with E-state index in [1.807, 2.05) is 0 Å². The lowest BCUT2D eigenvalue weighted by atomic mass is 9.96. The molecular weight excluding hydrogens is 326 g/mol. The highest BCUT2D eigenvalue weighted by Gasteiger charge is 2.35. The largest absolute Gasteiger partial charge is 0.335 e. The first-order valence-corrected chi connectivity index (χ1v) is 9.15. The molecule has 0 radical (unpaired) electrons. The first kappa shape index (κ1) is 17.1. The van der Waals surface area contributed by atoms with E-state index in [0.717, 1.165) is 19.3 Å². The van der Waals surface area contributed by atoms with E-state index in [4.69, 9.17) is 11.6 Å². The van der Waals surface area contributed by atoms with Crippen LogP contribution in [-0.4, -0.2) is 35.5 Å². The summed E-state index contributed by atoms with van der Waals surface area (Å²) in [4.78, 5) is 26.8. The summed E-state index contributed by atoms with van der Waals surface area (Å²) in [5.41, 5.74) is 0.698. The zero-order valence-corrected chi connectivity index (χ0v) is 14.5. The minimum absolute atomic E-state index is 0.101. The molecule has 1 aromatic rings. The molecule has 24 heavy (non-hydrogen) atoms. The van der Waals surface area contributed by atoms with Crippen molar-refractivity contribution < 1.29 is 9.59 Å². The van der Waals surface area contributed by atoms with Gasteiger partial charge in [-0.2, -0.15) is 0 Å². The van der Waals surface area contributed by atoms with E-state index in [9.17, 15) is 9.59 Å². The third kappa shape index (κ3) is 4.20. The number of benzene rings is 1. The summed E-state index contributed by atoms with van der Waals surface area (Å²) in [5, 5.41) is 6.61. The summed E-state index contributed by atoms with van der Waals surface area (Å²) in [6, 6.07) is 6.76. The van der Waals surface area contributed by atoms with Gasteiger partial charge < -0.3 is 15.5 Å². The zero-order chi connectivity index (χ0) is 16.9. The fraction of sp³-hybridized carbons (Fsp3) is 0.556. The van der Waals surface area contributed by atoms with Crippen molar-refractivity contribution in [2.24, 2.45) is 0 Å². The van der Waals surface area contributed by atoms with Gasteiger partial charge in [0.2, 0.25) is 5.91 Å². The average Bonchev–Trinajstić information content (AvgIpc) is 3.08. The molecular formula is C18H24ClN3O2. The van der Waals surface area contributed by atoms with Crippen molar-refractivity contribution in [2.75, 3.05) is 11.9 Å². The normalized spacial score (nSPS) is 21.5. The molecule has 5 nitrogen and oxygen atoms in total. The maximum Gasteiger partial charge on any atom is 0.318 e. The number of hydrogen-bond acceptors (Lipinski definition) is 2. The molecule has 1 aromatic carbocycles. The predicted molar refractivity (Wildman–Crippen MR) is 95.2 cm³/mol. The van der Waals surface area contributed by atoms with Crippen LogP contribution in [0, 0.1) is 0 Å². The van der Waals surface area contributed by atoms with Gasteiger partial charge in [-0.1, -0.05) is 30.9 Å². The Labute approximate surface area is 147 Å².